The number of ether oxygens (including phenoxy) is 3. The molecule has 7 nitrogen and oxygen atoms in total. The van der Waals surface area contributed by atoms with Crippen molar-refractivity contribution in [3.63, 3.8) is 0 Å². The summed E-state index contributed by atoms with van der Waals surface area (Å²) in [4.78, 5) is 2.05. The van der Waals surface area contributed by atoms with Crippen LogP contribution in [0.3, 0.4) is 0 Å². The number of rotatable bonds is 12. The van der Waals surface area contributed by atoms with E-state index < -0.39 is 10.1 Å². The minimum absolute atomic E-state index is 0.00501. The van der Waals surface area contributed by atoms with Gasteiger partial charge in [0, 0.05) is 30.9 Å². The van der Waals surface area contributed by atoms with Gasteiger partial charge in [-0.2, -0.15) is 8.42 Å². The van der Waals surface area contributed by atoms with Gasteiger partial charge in [-0.05, 0) is 48.5 Å². The molecule has 2 rings (SSSR count). The van der Waals surface area contributed by atoms with Crippen molar-refractivity contribution in [2.75, 3.05) is 64.9 Å². The topological polar surface area (TPSA) is 74.3 Å². The molecule has 0 spiro atoms. The van der Waals surface area contributed by atoms with Gasteiger partial charge in [-0.15, -0.1) is 0 Å². The van der Waals surface area contributed by atoms with E-state index in [1.807, 2.05) is 62.6 Å². The van der Waals surface area contributed by atoms with Crippen LogP contribution in [0, 0.1) is 11.8 Å². The number of anilines is 1. The summed E-state index contributed by atoms with van der Waals surface area (Å²) in [6.45, 7) is 1.80. The zero-order chi connectivity index (χ0) is 22.5. The lowest BCUT2D eigenvalue weighted by Gasteiger charge is -2.11. The van der Waals surface area contributed by atoms with Gasteiger partial charge in [-0.3, -0.25) is 4.18 Å². The van der Waals surface area contributed by atoms with Gasteiger partial charge in [-0.25, -0.2) is 0 Å². The Kier molecular flexibility index (Phi) is 10.3. The Morgan fingerprint density at radius 3 is 1.74 bits per heavy atom. The summed E-state index contributed by atoms with van der Waals surface area (Å²) in [5.41, 5.74) is 3.02. The predicted octanol–water partition coefficient (Wildman–Crippen LogP) is 2.54. The van der Waals surface area contributed by atoms with Crippen LogP contribution in [-0.2, 0) is 23.8 Å². The van der Waals surface area contributed by atoms with Crippen LogP contribution in [0.5, 0.6) is 5.75 Å². The zero-order valence-electron chi connectivity index (χ0n) is 18.2. The molecule has 0 aliphatic heterocycles. The molecule has 0 N–H and O–H groups in total. The Balaban J connectivity index is 1.60. The second-order valence-electron chi connectivity index (χ2n) is 6.81. The van der Waals surface area contributed by atoms with Gasteiger partial charge >= 0.3 is 0 Å². The third kappa shape index (κ3) is 10.9. The Morgan fingerprint density at radius 2 is 1.23 bits per heavy atom. The highest BCUT2D eigenvalue weighted by Gasteiger charge is 2.00. The molecule has 0 radical (unpaired) electrons. The predicted molar refractivity (Wildman–Crippen MR) is 121 cm³/mol. The van der Waals surface area contributed by atoms with Crippen LogP contribution >= 0.6 is 0 Å². The van der Waals surface area contributed by atoms with Crippen LogP contribution in [0.25, 0.3) is 0 Å². The van der Waals surface area contributed by atoms with Crippen LogP contribution < -0.4 is 9.64 Å². The Morgan fingerprint density at radius 1 is 0.742 bits per heavy atom. The minimum atomic E-state index is -3.41. The van der Waals surface area contributed by atoms with E-state index in [0.717, 1.165) is 28.8 Å². The molecular formula is C23H29NO6S. The van der Waals surface area contributed by atoms with E-state index in [0.29, 0.717) is 26.4 Å². The van der Waals surface area contributed by atoms with Crippen molar-refractivity contribution < 1.29 is 26.8 Å². The maximum absolute atomic E-state index is 10.8. The molecule has 0 atom stereocenters. The van der Waals surface area contributed by atoms with Gasteiger partial charge in [0.1, 0.15) is 12.4 Å². The molecule has 0 saturated heterocycles. The van der Waals surface area contributed by atoms with E-state index in [1.54, 1.807) is 0 Å². The monoisotopic (exact) mass is 447 g/mol. The molecule has 0 bridgehead atoms. The third-order valence-electron chi connectivity index (χ3n) is 3.98. The summed E-state index contributed by atoms with van der Waals surface area (Å²) >= 11 is 0. The lowest BCUT2D eigenvalue weighted by atomic mass is 10.1. The molecule has 0 fully saturated rings. The highest BCUT2D eigenvalue weighted by Crippen LogP contribution is 2.13. The van der Waals surface area contributed by atoms with E-state index in [1.165, 1.54) is 0 Å². The Hall–Kier alpha value is -2.57. The lowest BCUT2D eigenvalue weighted by Crippen LogP contribution is -2.14. The number of benzene rings is 2. The van der Waals surface area contributed by atoms with Crippen LogP contribution in [0.4, 0.5) is 5.69 Å². The molecule has 0 aliphatic carbocycles. The normalized spacial score (nSPS) is 10.9. The van der Waals surface area contributed by atoms with Crippen LogP contribution in [0.2, 0.25) is 0 Å². The van der Waals surface area contributed by atoms with Crippen molar-refractivity contribution in [3.05, 3.63) is 59.7 Å². The van der Waals surface area contributed by atoms with Gasteiger partial charge in [0.25, 0.3) is 10.1 Å². The summed E-state index contributed by atoms with van der Waals surface area (Å²) in [5.74, 6) is 7.06. The second-order valence-corrected chi connectivity index (χ2v) is 8.46. The summed E-state index contributed by atoms with van der Waals surface area (Å²) in [7, 11) is 0.601. The van der Waals surface area contributed by atoms with Crippen molar-refractivity contribution in [2.45, 2.75) is 0 Å². The molecular weight excluding hydrogens is 418 g/mol. The molecule has 31 heavy (non-hydrogen) atoms. The average Bonchev–Trinajstić information content (AvgIpc) is 2.74. The van der Waals surface area contributed by atoms with Crippen LogP contribution in [0.15, 0.2) is 48.5 Å². The lowest BCUT2D eigenvalue weighted by molar-refractivity contribution is 0.0280. The van der Waals surface area contributed by atoms with Crippen LogP contribution in [0.1, 0.15) is 11.1 Å². The molecule has 0 amide bonds. The van der Waals surface area contributed by atoms with Crippen molar-refractivity contribution in [2.24, 2.45) is 0 Å². The highest BCUT2D eigenvalue weighted by atomic mass is 32.2. The molecule has 0 aromatic heterocycles. The van der Waals surface area contributed by atoms with Gasteiger partial charge in [0.15, 0.2) is 0 Å². The Bertz CT molecular complexity index is 944. The van der Waals surface area contributed by atoms with Crippen molar-refractivity contribution in [1.82, 2.24) is 0 Å². The standard InChI is InChI=1S/C23H29NO6S/c1-24(2)22-10-6-20(7-11-22)4-5-21-8-12-23(13-9-21)29-18-16-27-14-15-28-17-19-30-31(3,25)26/h6-13H,14-19H2,1-3H3. The van der Waals surface area contributed by atoms with E-state index in [4.69, 9.17) is 14.2 Å². The fraction of sp³-hybridized carbons (Fsp3) is 0.391. The van der Waals surface area contributed by atoms with Crippen LogP contribution in [-0.4, -0.2) is 68.4 Å². The average molecular weight is 448 g/mol. The number of hydrogen-bond donors (Lipinski definition) is 0. The summed E-state index contributed by atoms with van der Waals surface area (Å²) in [5, 5.41) is 0. The highest BCUT2D eigenvalue weighted by molar-refractivity contribution is 7.85. The van der Waals surface area contributed by atoms with E-state index >= 15 is 0 Å². The fourth-order valence-electron chi connectivity index (χ4n) is 2.41. The first kappa shape index (κ1) is 24.7. The quantitative estimate of drug-likeness (QED) is 0.281. The Labute approximate surface area is 185 Å². The summed E-state index contributed by atoms with van der Waals surface area (Å²) in [6, 6.07) is 15.7. The third-order valence-corrected chi connectivity index (χ3v) is 4.58. The van der Waals surface area contributed by atoms with Gasteiger partial charge in [-0.1, -0.05) is 11.8 Å². The molecule has 8 heteroatoms. The molecule has 2 aromatic rings. The largest absolute Gasteiger partial charge is 0.491 e. The maximum Gasteiger partial charge on any atom is 0.264 e. The summed E-state index contributed by atoms with van der Waals surface area (Å²) in [6.07, 6.45) is 1.00. The number of nitrogens with zero attached hydrogens (tertiary/aromatic N) is 1. The van der Waals surface area contributed by atoms with E-state index in [-0.39, 0.29) is 13.2 Å². The van der Waals surface area contributed by atoms with E-state index in [9.17, 15) is 8.42 Å². The zero-order valence-corrected chi connectivity index (χ0v) is 19.0. The maximum atomic E-state index is 10.8. The molecule has 0 heterocycles. The first-order valence-electron chi connectivity index (χ1n) is 9.86. The smallest absolute Gasteiger partial charge is 0.264 e. The van der Waals surface area contributed by atoms with Crippen molar-refractivity contribution in [1.29, 1.82) is 0 Å². The first-order valence-corrected chi connectivity index (χ1v) is 11.7. The molecule has 168 valence electrons. The molecule has 2 aromatic carbocycles. The van der Waals surface area contributed by atoms with Gasteiger partial charge in [0.05, 0.1) is 39.3 Å². The second kappa shape index (κ2) is 13.0. The summed E-state index contributed by atoms with van der Waals surface area (Å²) < 4.78 is 42.3. The van der Waals surface area contributed by atoms with Crippen molar-refractivity contribution in [3.8, 4) is 17.6 Å². The molecule has 0 unspecified atom stereocenters. The minimum Gasteiger partial charge on any atom is -0.491 e. The molecule has 0 saturated carbocycles. The molecule has 0 aliphatic rings. The SMILES string of the molecule is CN(C)c1ccc(C#Cc2ccc(OCCOCCOCCOS(C)(=O)=O)cc2)cc1. The van der Waals surface area contributed by atoms with Crippen molar-refractivity contribution >= 4 is 15.8 Å². The fourth-order valence-corrected chi connectivity index (χ4v) is 2.78. The number of hydrogen-bond acceptors (Lipinski definition) is 7. The van der Waals surface area contributed by atoms with Gasteiger partial charge in [0.2, 0.25) is 0 Å². The van der Waals surface area contributed by atoms with Gasteiger partial charge < -0.3 is 19.1 Å². The first-order chi connectivity index (χ1) is 14.8. The van der Waals surface area contributed by atoms with E-state index in [2.05, 4.69) is 20.9 Å².